The number of ketones is 1. The molecule has 1 aliphatic heterocycles. The molecule has 1 saturated heterocycles. The molecule has 1 N–H and O–H groups in total. The highest BCUT2D eigenvalue weighted by atomic mass is 32.2. The van der Waals surface area contributed by atoms with Gasteiger partial charge in [-0.25, -0.2) is 4.79 Å². The monoisotopic (exact) mass is 488 g/mol. The third-order valence-electron chi connectivity index (χ3n) is 5.68. The summed E-state index contributed by atoms with van der Waals surface area (Å²) in [6.45, 7) is 8.86. The van der Waals surface area contributed by atoms with Crippen LogP contribution in [0.3, 0.4) is 0 Å². The summed E-state index contributed by atoms with van der Waals surface area (Å²) in [5.74, 6) is 0.277. The van der Waals surface area contributed by atoms with Gasteiger partial charge in [-0.05, 0) is 57.5 Å². The van der Waals surface area contributed by atoms with E-state index in [9.17, 15) is 9.59 Å². The highest BCUT2D eigenvalue weighted by Crippen LogP contribution is 2.32. The third-order valence-corrected chi connectivity index (χ3v) is 7.63. The van der Waals surface area contributed by atoms with Crippen molar-refractivity contribution in [3.8, 4) is 10.7 Å². The second kappa shape index (κ2) is 10.2. The average Bonchev–Trinajstić information content (AvgIpc) is 3.57. The normalized spacial score (nSPS) is 16.8. The molecule has 0 spiro atoms. The predicted octanol–water partition coefficient (Wildman–Crippen LogP) is 4.67. The lowest BCUT2D eigenvalue weighted by atomic mass is 10.1. The first-order valence-electron chi connectivity index (χ1n) is 11.1. The molecule has 8 nitrogen and oxygen atoms in total. The molecule has 0 aromatic carbocycles. The zero-order valence-electron chi connectivity index (χ0n) is 19.2. The van der Waals surface area contributed by atoms with Crippen molar-refractivity contribution in [3.63, 3.8) is 0 Å². The van der Waals surface area contributed by atoms with E-state index in [1.165, 1.54) is 11.8 Å². The van der Waals surface area contributed by atoms with Crippen LogP contribution < -0.4 is 0 Å². The molecule has 4 rings (SSSR count). The van der Waals surface area contributed by atoms with E-state index in [4.69, 9.17) is 9.47 Å². The van der Waals surface area contributed by atoms with Crippen LogP contribution in [0.2, 0.25) is 0 Å². The van der Waals surface area contributed by atoms with E-state index in [2.05, 4.69) is 19.7 Å². The van der Waals surface area contributed by atoms with Gasteiger partial charge >= 0.3 is 5.97 Å². The summed E-state index contributed by atoms with van der Waals surface area (Å²) in [6, 6.07) is 4.01. The number of aromatic amines is 1. The van der Waals surface area contributed by atoms with Gasteiger partial charge in [-0.15, -0.1) is 21.5 Å². The Kier molecular flexibility index (Phi) is 7.35. The van der Waals surface area contributed by atoms with Gasteiger partial charge in [0, 0.05) is 12.3 Å². The molecule has 2 atom stereocenters. The zero-order valence-corrected chi connectivity index (χ0v) is 20.8. The fourth-order valence-corrected chi connectivity index (χ4v) is 5.68. The Labute approximate surface area is 201 Å². The number of nitrogens with one attached hydrogen (secondary N) is 1. The lowest BCUT2D eigenvalue weighted by Crippen LogP contribution is -2.19. The van der Waals surface area contributed by atoms with Crippen molar-refractivity contribution in [3.05, 3.63) is 40.0 Å². The molecule has 3 aromatic rings. The van der Waals surface area contributed by atoms with E-state index in [0.717, 1.165) is 30.2 Å². The first-order valence-corrected chi connectivity index (χ1v) is 12.8. The molecular weight excluding hydrogens is 460 g/mol. The maximum Gasteiger partial charge on any atom is 0.340 e. The molecule has 0 aliphatic carbocycles. The Morgan fingerprint density at radius 3 is 2.88 bits per heavy atom. The van der Waals surface area contributed by atoms with Gasteiger partial charge in [0.15, 0.2) is 16.8 Å². The van der Waals surface area contributed by atoms with Crippen LogP contribution in [0.1, 0.15) is 58.8 Å². The number of carbonyl (C=O) groups is 2. The quantitative estimate of drug-likeness (QED) is 0.265. The van der Waals surface area contributed by atoms with Gasteiger partial charge in [0.2, 0.25) is 0 Å². The van der Waals surface area contributed by atoms with Crippen molar-refractivity contribution in [2.45, 2.75) is 63.6 Å². The van der Waals surface area contributed by atoms with Crippen molar-refractivity contribution >= 4 is 34.9 Å². The molecule has 33 heavy (non-hydrogen) atoms. The van der Waals surface area contributed by atoms with Crippen LogP contribution in [0.25, 0.3) is 10.7 Å². The first kappa shape index (κ1) is 23.7. The fourth-order valence-electron chi connectivity index (χ4n) is 4.04. The average molecular weight is 489 g/mol. The number of nitrogens with zero attached hydrogens (tertiary/aromatic N) is 3. The smallest absolute Gasteiger partial charge is 0.340 e. The number of carbonyl (C=O) groups excluding carboxylic acids is 2. The summed E-state index contributed by atoms with van der Waals surface area (Å²) in [6.07, 6.45) is 2.16. The topological polar surface area (TPSA) is 99.1 Å². The minimum atomic E-state index is -0.430. The number of rotatable bonds is 9. The van der Waals surface area contributed by atoms with Crippen LogP contribution >= 0.6 is 23.1 Å². The molecule has 0 amide bonds. The van der Waals surface area contributed by atoms with Crippen LogP contribution in [0.4, 0.5) is 0 Å². The van der Waals surface area contributed by atoms with E-state index in [1.54, 1.807) is 32.1 Å². The lowest BCUT2D eigenvalue weighted by Gasteiger charge is -2.16. The molecule has 3 aromatic heterocycles. The number of aromatic nitrogens is 4. The van der Waals surface area contributed by atoms with Crippen LogP contribution in [-0.2, 0) is 16.0 Å². The molecule has 1 fully saturated rings. The van der Waals surface area contributed by atoms with Gasteiger partial charge in [0.05, 0.1) is 40.6 Å². The second-order valence-electron chi connectivity index (χ2n) is 8.00. The Balaban J connectivity index is 1.58. The Bertz CT molecular complexity index is 1130. The minimum absolute atomic E-state index is 0.0968. The zero-order chi connectivity index (χ0) is 23.5. The van der Waals surface area contributed by atoms with Gasteiger partial charge in [0.1, 0.15) is 0 Å². The van der Waals surface area contributed by atoms with Crippen LogP contribution in [0.5, 0.6) is 0 Å². The number of hydrogen-bond donors (Lipinski definition) is 1. The maximum atomic E-state index is 13.3. The summed E-state index contributed by atoms with van der Waals surface area (Å²) in [5.41, 5.74) is 2.11. The third kappa shape index (κ3) is 4.92. The Hall–Kier alpha value is -2.43. The standard InChI is InChI=1S/C23H28N4O4S2/c1-5-30-22(29)18-13(2)19(24-14(18)3)20(28)15(4)33-23-26-25-21(17-9-7-11-32-17)27(23)12-16-8-6-10-31-16/h7,9,11,15-16,24H,5-6,8,10,12H2,1-4H3. The SMILES string of the molecule is CCOC(=O)c1c(C)[nH]c(C(=O)C(C)Sc2nnc(-c3cccs3)n2CC2CCCO2)c1C. The summed E-state index contributed by atoms with van der Waals surface area (Å²) < 4.78 is 13.1. The second-order valence-corrected chi connectivity index (χ2v) is 10.3. The van der Waals surface area contributed by atoms with Crippen LogP contribution in [0.15, 0.2) is 22.7 Å². The number of aryl methyl sites for hydroxylation is 1. The highest BCUT2D eigenvalue weighted by molar-refractivity contribution is 8.00. The van der Waals surface area contributed by atoms with E-state index >= 15 is 0 Å². The largest absolute Gasteiger partial charge is 0.462 e. The molecule has 1 aliphatic rings. The molecule has 4 heterocycles. The first-order chi connectivity index (χ1) is 15.9. The van der Waals surface area contributed by atoms with E-state index in [-0.39, 0.29) is 18.5 Å². The van der Waals surface area contributed by atoms with Gasteiger partial charge in [-0.1, -0.05) is 17.8 Å². The number of thiophene rings is 1. The van der Waals surface area contributed by atoms with Gasteiger partial charge in [-0.3, -0.25) is 9.36 Å². The number of esters is 1. The molecule has 0 saturated carbocycles. The molecule has 10 heteroatoms. The van der Waals surface area contributed by atoms with Gasteiger partial charge < -0.3 is 14.5 Å². The van der Waals surface area contributed by atoms with Gasteiger partial charge in [-0.2, -0.15) is 0 Å². The molecule has 0 bridgehead atoms. The van der Waals surface area contributed by atoms with Crippen LogP contribution in [-0.4, -0.2) is 56.1 Å². The summed E-state index contributed by atoms with van der Waals surface area (Å²) >= 11 is 2.98. The Morgan fingerprint density at radius 2 is 2.21 bits per heavy atom. The molecule has 176 valence electrons. The number of hydrogen-bond acceptors (Lipinski definition) is 8. The fraction of sp³-hybridized carbons (Fsp3) is 0.478. The Morgan fingerprint density at radius 1 is 1.39 bits per heavy atom. The molecular formula is C23H28N4O4S2. The highest BCUT2D eigenvalue weighted by Gasteiger charge is 2.29. The number of H-pyrrole nitrogens is 1. The predicted molar refractivity (Wildman–Crippen MR) is 128 cm³/mol. The van der Waals surface area contributed by atoms with Crippen LogP contribution in [0, 0.1) is 13.8 Å². The molecule has 2 unspecified atom stereocenters. The number of thioether (sulfide) groups is 1. The van der Waals surface area contributed by atoms with E-state index in [0.29, 0.717) is 34.2 Å². The molecule has 0 radical (unpaired) electrons. The van der Waals surface area contributed by atoms with Gasteiger partial charge in [0.25, 0.3) is 0 Å². The van der Waals surface area contributed by atoms with E-state index < -0.39 is 11.2 Å². The number of ether oxygens (including phenoxy) is 2. The lowest BCUT2D eigenvalue weighted by molar-refractivity contribution is 0.0525. The minimum Gasteiger partial charge on any atom is -0.462 e. The van der Waals surface area contributed by atoms with Crippen molar-refractivity contribution in [2.75, 3.05) is 13.2 Å². The van der Waals surface area contributed by atoms with Crippen molar-refractivity contribution in [1.82, 2.24) is 19.7 Å². The summed E-state index contributed by atoms with van der Waals surface area (Å²) in [5, 5.41) is 11.1. The van der Waals surface area contributed by atoms with Crippen molar-refractivity contribution in [1.29, 1.82) is 0 Å². The van der Waals surface area contributed by atoms with Crippen molar-refractivity contribution < 1.29 is 19.1 Å². The van der Waals surface area contributed by atoms with Crippen molar-refractivity contribution in [2.24, 2.45) is 0 Å². The van der Waals surface area contributed by atoms with E-state index in [1.807, 2.05) is 24.4 Å². The summed E-state index contributed by atoms with van der Waals surface area (Å²) in [4.78, 5) is 29.8. The maximum absolute atomic E-state index is 13.3. The summed E-state index contributed by atoms with van der Waals surface area (Å²) in [7, 11) is 0. The number of Topliss-reactive ketones (excluding diaryl/α,β-unsaturated/α-hetero) is 1.